The fraction of sp³-hybridized carbons (Fsp3) is 0.154. The number of ether oxygens (including phenoxy) is 1. The molecular formula is C26H22ClFN4O4. The number of nitrogens with zero attached hydrogens (tertiary/aromatic N) is 2. The number of rotatable bonds is 6. The lowest BCUT2D eigenvalue weighted by Crippen LogP contribution is -2.50. The van der Waals surface area contributed by atoms with Crippen LogP contribution in [0.3, 0.4) is 0 Å². The number of para-hydroxylation sites is 1. The second kappa shape index (κ2) is 11.0. The van der Waals surface area contributed by atoms with Crippen LogP contribution in [0.2, 0.25) is 5.02 Å². The van der Waals surface area contributed by atoms with Gasteiger partial charge in [0.25, 0.3) is 5.91 Å². The molecule has 3 aromatic rings. The van der Waals surface area contributed by atoms with Gasteiger partial charge in [-0.3, -0.25) is 14.5 Å². The van der Waals surface area contributed by atoms with Crippen molar-refractivity contribution >= 4 is 46.6 Å². The fourth-order valence-corrected chi connectivity index (χ4v) is 3.84. The van der Waals surface area contributed by atoms with Crippen LogP contribution in [0, 0.1) is 5.82 Å². The summed E-state index contributed by atoms with van der Waals surface area (Å²) < 4.78 is 19.9. The number of esters is 1. The zero-order valence-corrected chi connectivity index (χ0v) is 20.0. The molecule has 0 unspecified atom stereocenters. The van der Waals surface area contributed by atoms with E-state index in [0.717, 1.165) is 0 Å². The van der Waals surface area contributed by atoms with Gasteiger partial charge in [0, 0.05) is 21.8 Å². The molecular weight excluding hydrogens is 487 g/mol. The molecule has 0 aromatic heterocycles. The third kappa shape index (κ3) is 5.52. The molecule has 4 rings (SSSR count). The number of halogens is 2. The maximum Gasteiger partial charge on any atom is 0.326 e. The number of benzene rings is 3. The van der Waals surface area contributed by atoms with Gasteiger partial charge in [0.15, 0.2) is 0 Å². The van der Waals surface area contributed by atoms with E-state index in [0.29, 0.717) is 22.0 Å². The average molecular weight is 509 g/mol. The van der Waals surface area contributed by atoms with E-state index in [1.807, 2.05) is 0 Å². The zero-order chi connectivity index (χ0) is 25.7. The van der Waals surface area contributed by atoms with Crippen molar-refractivity contribution in [2.75, 3.05) is 23.4 Å². The monoisotopic (exact) mass is 508 g/mol. The van der Waals surface area contributed by atoms with Crippen LogP contribution in [-0.2, 0) is 14.3 Å². The number of aliphatic imine (C=N–C) groups is 1. The van der Waals surface area contributed by atoms with Crippen molar-refractivity contribution < 1.29 is 23.5 Å². The molecule has 2 N–H and O–H groups in total. The number of nitrogens with one attached hydrogen (secondary N) is 2. The van der Waals surface area contributed by atoms with Crippen LogP contribution in [0.1, 0.15) is 18.1 Å². The van der Waals surface area contributed by atoms with Crippen molar-refractivity contribution in [3.05, 3.63) is 94.8 Å². The summed E-state index contributed by atoms with van der Waals surface area (Å²) in [6.45, 7) is 1.37. The second-order valence-corrected chi connectivity index (χ2v) is 8.15. The molecule has 1 heterocycles. The zero-order valence-electron chi connectivity index (χ0n) is 19.2. The molecule has 0 saturated carbocycles. The third-order valence-electron chi connectivity index (χ3n) is 5.30. The van der Waals surface area contributed by atoms with Crippen LogP contribution in [0.5, 0.6) is 0 Å². The van der Waals surface area contributed by atoms with E-state index in [1.165, 1.54) is 23.1 Å². The Labute approximate surface area is 211 Å². The predicted octanol–water partition coefficient (Wildman–Crippen LogP) is 4.37. The molecule has 36 heavy (non-hydrogen) atoms. The van der Waals surface area contributed by atoms with Crippen LogP contribution < -0.4 is 15.5 Å². The lowest BCUT2D eigenvalue weighted by Gasteiger charge is -2.24. The Balaban J connectivity index is 1.76. The standard InChI is InChI=1S/C26H22ClFN4O4/c1-2-36-22(33)15-32-21-10-6-4-8-19(21)23(18-7-3-5-9-20(18)28)30-24(25(32)34)31-26(35)29-17-13-11-16(27)12-14-17/h3-14,24H,2,15H2,1H3,(H2,29,31,35)/t24-/m0/s1. The molecule has 0 radical (unpaired) electrons. The average Bonchev–Trinajstić information content (AvgIpc) is 2.97. The van der Waals surface area contributed by atoms with Crippen LogP contribution in [0.15, 0.2) is 77.8 Å². The van der Waals surface area contributed by atoms with Gasteiger partial charge in [0.2, 0.25) is 6.17 Å². The molecule has 0 fully saturated rings. The minimum Gasteiger partial charge on any atom is -0.465 e. The Morgan fingerprint density at radius 1 is 1.03 bits per heavy atom. The Bertz CT molecular complexity index is 1330. The lowest BCUT2D eigenvalue weighted by atomic mass is 10.00. The van der Waals surface area contributed by atoms with E-state index in [1.54, 1.807) is 61.5 Å². The number of carbonyl (C=O) groups is 3. The molecule has 1 aliphatic heterocycles. The third-order valence-corrected chi connectivity index (χ3v) is 5.55. The van der Waals surface area contributed by atoms with Crippen LogP contribution in [0.4, 0.5) is 20.6 Å². The number of hydrogen-bond donors (Lipinski definition) is 2. The van der Waals surface area contributed by atoms with Gasteiger partial charge in [-0.05, 0) is 49.4 Å². The van der Waals surface area contributed by atoms with Crippen molar-refractivity contribution in [2.45, 2.75) is 13.1 Å². The van der Waals surface area contributed by atoms with Crippen molar-refractivity contribution in [3.8, 4) is 0 Å². The molecule has 184 valence electrons. The summed E-state index contributed by atoms with van der Waals surface area (Å²) in [4.78, 5) is 44.4. The summed E-state index contributed by atoms with van der Waals surface area (Å²) in [5.41, 5.74) is 1.48. The fourth-order valence-electron chi connectivity index (χ4n) is 3.71. The maximum atomic E-state index is 14.9. The smallest absolute Gasteiger partial charge is 0.326 e. The summed E-state index contributed by atoms with van der Waals surface area (Å²) in [5, 5.41) is 5.62. The first-order chi connectivity index (χ1) is 17.4. The van der Waals surface area contributed by atoms with E-state index in [9.17, 15) is 18.8 Å². The van der Waals surface area contributed by atoms with Gasteiger partial charge in [0.05, 0.1) is 18.0 Å². The minimum atomic E-state index is -1.46. The highest BCUT2D eigenvalue weighted by molar-refractivity contribution is 6.30. The number of urea groups is 1. The quantitative estimate of drug-likeness (QED) is 0.483. The molecule has 8 nitrogen and oxygen atoms in total. The molecule has 0 bridgehead atoms. The number of carbonyl (C=O) groups excluding carboxylic acids is 3. The van der Waals surface area contributed by atoms with E-state index >= 15 is 0 Å². The van der Waals surface area contributed by atoms with E-state index in [4.69, 9.17) is 16.3 Å². The number of amides is 3. The molecule has 10 heteroatoms. The van der Waals surface area contributed by atoms with E-state index < -0.39 is 36.4 Å². The largest absolute Gasteiger partial charge is 0.465 e. The summed E-state index contributed by atoms with van der Waals surface area (Å²) >= 11 is 5.89. The highest BCUT2D eigenvalue weighted by Gasteiger charge is 2.35. The molecule has 3 amide bonds. The number of benzodiazepines with no additional fused rings is 1. The van der Waals surface area contributed by atoms with Gasteiger partial charge < -0.3 is 15.4 Å². The van der Waals surface area contributed by atoms with Gasteiger partial charge in [0.1, 0.15) is 12.4 Å². The molecule has 3 aromatic carbocycles. The summed E-state index contributed by atoms with van der Waals surface area (Å²) in [6.07, 6.45) is -1.46. The van der Waals surface area contributed by atoms with Crippen LogP contribution in [0.25, 0.3) is 0 Å². The normalized spacial score (nSPS) is 14.9. The van der Waals surface area contributed by atoms with Crippen LogP contribution >= 0.6 is 11.6 Å². The predicted molar refractivity (Wildman–Crippen MR) is 135 cm³/mol. The molecule has 0 saturated heterocycles. The molecule has 1 aliphatic rings. The first-order valence-electron chi connectivity index (χ1n) is 11.1. The van der Waals surface area contributed by atoms with Crippen molar-refractivity contribution in [2.24, 2.45) is 4.99 Å². The van der Waals surface area contributed by atoms with E-state index in [2.05, 4.69) is 15.6 Å². The van der Waals surface area contributed by atoms with Crippen molar-refractivity contribution in [1.82, 2.24) is 5.32 Å². The Morgan fingerprint density at radius 3 is 2.39 bits per heavy atom. The Morgan fingerprint density at radius 2 is 1.69 bits per heavy atom. The van der Waals surface area contributed by atoms with Gasteiger partial charge in [-0.15, -0.1) is 0 Å². The summed E-state index contributed by atoms with van der Waals surface area (Å²) in [6, 6.07) is 18.3. The van der Waals surface area contributed by atoms with Gasteiger partial charge in [-0.25, -0.2) is 14.2 Å². The van der Waals surface area contributed by atoms with Gasteiger partial charge in [-0.1, -0.05) is 41.9 Å². The summed E-state index contributed by atoms with van der Waals surface area (Å²) in [5.74, 6) is -1.88. The van der Waals surface area contributed by atoms with Gasteiger partial charge in [-0.2, -0.15) is 0 Å². The topological polar surface area (TPSA) is 100 Å². The number of anilines is 2. The van der Waals surface area contributed by atoms with Crippen LogP contribution in [-0.4, -0.2) is 42.9 Å². The molecule has 0 spiro atoms. The Hall–Kier alpha value is -4.24. The van der Waals surface area contributed by atoms with Crippen molar-refractivity contribution in [1.29, 1.82) is 0 Å². The lowest BCUT2D eigenvalue weighted by molar-refractivity contribution is -0.142. The highest BCUT2D eigenvalue weighted by atomic mass is 35.5. The minimum absolute atomic E-state index is 0.130. The first kappa shape index (κ1) is 24.9. The molecule has 0 aliphatic carbocycles. The summed E-state index contributed by atoms with van der Waals surface area (Å²) in [7, 11) is 0. The second-order valence-electron chi connectivity index (χ2n) is 7.71. The maximum absolute atomic E-state index is 14.9. The molecule has 1 atom stereocenters. The van der Waals surface area contributed by atoms with Gasteiger partial charge >= 0.3 is 12.0 Å². The first-order valence-corrected chi connectivity index (χ1v) is 11.5. The SMILES string of the molecule is CCOC(=O)CN1C(=O)[C@H](NC(=O)Nc2ccc(Cl)cc2)N=C(c2ccccc2F)c2ccccc21. The number of fused-ring (bicyclic) bond motifs is 1. The van der Waals surface area contributed by atoms with E-state index in [-0.39, 0.29) is 17.9 Å². The number of hydrogen-bond acceptors (Lipinski definition) is 5. The highest BCUT2D eigenvalue weighted by Crippen LogP contribution is 2.29. The van der Waals surface area contributed by atoms with Crippen molar-refractivity contribution in [3.63, 3.8) is 0 Å². The Kier molecular flexibility index (Phi) is 7.60.